The fourth-order valence-corrected chi connectivity index (χ4v) is 5.75. The smallest absolute Gasteiger partial charge is 0.272 e. The number of ether oxygens (including phenoxy) is 2. The number of carbonyl (C=O) groups is 3. The minimum absolute atomic E-state index is 0.0650. The first-order valence-corrected chi connectivity index (χ1v) is 16.7. The van der Waals surface area contributed by atoms with Crippen molar-refractivity contribution in [3.63, 3.8) is 0 Å². The van der Waals surface area contributed by atoms with Crippen molar-refractivity contribution in [1.82, 2.24) is 5.32 Å². The lowest BCUT2D eigenvalue weighted by Crippen LogP contribution is -2.30. The maximum absolute atomic E-state index is 13.7. The van der Waals surface area contributed by atoms with Crippen molar-refractivity contribution in [3.05, 3.63) is 156 Å². The molecule has 0 aliphatic rings. The predicted octanol–water partition coefficient (Wildman–Crippen LogP) is 8.19. The van der Waals surface area contributed by atoms with Crippen LogP contribution in [0.15, 0.2) is 144 Å². The lowest BCUT2D eigenvalue weighted by molar-refractivity contribution is -0.116. The molecule has 248 valence electrons. The second-order valence-electron chi connectivity index (χ2n) is 10.9. The van der Waals surface area contributed by atoms with Crippen LogP contribution in [0.3, 0.4) is 0 Å². The summed E-state index contributed by atoms with van der Waals surface area (Å²) in [5, 5.41) is 8.28. The number of nitrogens with one attached hydrogen (secondary N) is 3. The molecule has 0 fully saturated rings. The van der Waals surface area contributed by atoms with E-state index in [2.05, 4.69) is 16.0 Å². The van der Waals surface area contributed by atoms with Crippen LogP contribution in [0.2, 0.25) is 0 Å². The third-order valence-electron chi connectivity index (χ3n) is 7.36. The molecule has 1 atom stereocenters. The Morgan fingerprint density at radius 1 is 0.735 bits per heavy atom. The van der Waals surface area contributed by atoms with E-state index in [0.29, 0.717) is 47.0 Å². The Morgan fingerprint density at radius 3 is 2.08 bits per heavy atom. The van der Waals surface area contributed by atoms with E-state index in [9.17, 15) is 14.4 Å². The number of rotatable bonds is 14. The number of benzene rings is 5. The molecule has 0 spiro atoms. The van der Waals surface area contributed by atoms with Gasteiger partial charge in [-0.15, -0.1) is 11.8 Å². The molecule has 0 radical (unpaired) electrons. The van der Waals surface area contributed by atoms with E-state index >= 15 is 0 Å². The van der Waals surface area contributed by atoms with Crippen LogP contribution in [0.5, 0.6) is 11.5 Å². The largest absolute Gasteiger partial charge is 0.497 e. The quantitative estimate of drug-likeness (QED) is 0.0812. The zero-order chi connectivity index (χ0) is 34.4. The molecule has 0 aliphatic carbocycles. The van der Waals surface area contributed by atoms with Crippen LogP contribution in [0.1, 0.15) is 34.8 Å². The Morgan fingerprint density at radius 2 is 1.41 bits per heavy atom. The molecule has 0 saturated heterocycles. The van der Waals surface area contributed by atoms with E-state index in [1.54, 1.807) is 73.8 Å². The van der Waals surface area contributed by atoms with Crippen molar-refractivity contribution in [2.75, 3.05) is 17.7 Å². The highest BCUT2D eigenvalue weighted by Gasteiger charge is 2.19. The Kier molecular flexibility index (Phi) is 12.2. The van der Waals surface area contributed by atoms with Gasteiger partial charge < -0.3 is 25.4 Å². The number of thioether (sulfide) groups is 1. The maximum atomic E-state index is 13.7. The molecule has 3 amide bonds. The van der Waals surface area contributed by atoms with Gasteiger partial charge in [0.15, 0.2) is 0 Å². The van der Waals surface area contributed by atoms with Gasteiger partial charge in [0.1, 0.15) is 23.8 Å². The molecule has 1 unspecified atom stereocenters. The Balaban J connectivity index is 1.29. The van der Waals surface area contributed by atoms with E-state index in [1.165, 1.54) is 11.8 Å². The van der Waals surface area contributed by atoms with Crippen molar-refractivity contribution < 1.29 is 23.9 Å². The molecule has 8 nitrogen and oxygen atoms in total. The average Bonchev–Trinajstić information content (AvgIpc) is 3.14. The molecule has 5 rings (SSSR count). The van der Waals surface area contributed by atoms with Crippen molar-refractivity contribution in [2.45, 2.75) is 30.1 Å². The highest BCUT2D eigenvalue weighted by atomic mass is 32.2. The first kappa shape index (κ1) is 34.5. The number of anilines is 2. The van der Waals surface area contributed by atoms with Gasteiger partial charge in [-0.25, -0.2) is 0 Å². The summed E-state index contributed by atoms with van der Waals surface area (Å²) < 4.78 is 11.1. The number of hydrogen-bond donors (Lipinski definition) is 3. The molecule has 0 aliphatic heterocycles. The maximum Gasteiger partial charge on any atom is 0.272 e. The van der Waals surface area contributed by atoms with E-state index in [1.807, 2.05) is 79.7 Å². The first-order valence-electron chi connectivity index (χ1n) is 15.8. The van der Waals surface area contributed by atoms with Gasteiger partial charge in [0, 0.05) is 21.8 Å². The van der Waals surface area contributed by atoms with Crippen molar-refractivity contribution in [1.29, 1.82) is 0 Å². The fourth-order valence-electron chi connectivity index (χ4n) is 4.74. The summed E-state index contributed by atoms with van der Waals surface area (Å²) in [6.07, 6.45) is 2.21. The summed E-state index contributed by atoms with van der Waals surface area (Å²) in [6, 6.07) is 40.3. The standard InChI is InChI=1S/C40H37N3O5S/c1-3-37(40(46)41-31-19-23-33(47-2)24-20-31)49-35-16-10-15-32(26-35)42-39(45)36(43-38(44)30-13-8-5-9-14-30)25-28-17-21-34(22-18-28)48-27-29-11-6-4-7-12-29/h4-26,37H,3,27H2,1-2H3,(H,41,46)(H,42,45)(H,43,44)/b36-25-. The van der Waals surface area contributed by atoms with Crippen LogP contribution in [-0.2, 0) is 16.2 Å². The fraction of sp³-hybridized carbons (Fsp3) is 0.125. The van der Waals surface area contributed by atoms with Gasteiger partial charge in [0.2, 0.25) is 5.91 Å². The number of amides is 3. The second kappa shape index (κ2) is 17.4. The van der Waals surface area contributed by atoms with Crippen molar-refractivity contribution >= 4 is 46.9 Å². The lowest BCUT2D eigenvalue weighted by Gasteiger charge is -2.16. The van der Waals surface area contributed by atoms with Crippen molar-refractivity contribution in [3.8, 4) is 11.5 Å². The summed E-state index contributed by atoms with van der Waals surface area (Å²) in [6.45, 7) is 2.38. The zero-order valence-corrected chi connectivity index (χ0v) is 28.0. The van der Waals surface area contributed by atoms with Crippen LogP contribution in [0.25, 0.3) is 6.08 Å². The summed E-state index contributed by atoms with van der Waals surface area (Å²) in [4.78, 5) is 40.7. The monoisotopic (exact) mass is 671 g/mol. The van der Waals surface area contributed by atoms with Crippen LogP contribution in [-0.4, -0.2) is 30.1 Å². The molecule has 5 aromatic rings. The molecule has 0 saturated carbocycles. The molecule has 49 heavy (non-hydrogen) atoms. The predicted molar refractivity (Wildman–Crippen MR) is 196 cm³/mol. The molecule has 9 heteroatoms. The van der Waals surface area contributed by atoms with E-state index in [4.69, 9.17) is 9.47 Å². The third-order valence-corrected chi connectivity index (χ3v) is 8.72. The van der Waals surface area contributed by atoms with Gasteiger partial charge in [0.05, 0.1) is 12.4 Å². The number of hydrogen-bond acceptors (Lipinski definition) is 6. The van der Waals surface area contributed by atoms with Gasteiger partial charge in [-0.05, 0) is 90.4 Å². The minimum Gasteiger partial charge on any atom is -0.497 e. The van der Waals surface area contributed by atoms with E-state index < -0.39 is 11.8 Å². The van der Waals surface area contributed by atoms with Gasteiger partial charge >= 0.3 is 0 Å². The normalized spacial score (nSPS) is 11.6. The first-order chi connectivity index (χ1) is 23.9. The van der Waals surface area contributed by atoms with E-state index in [-0.39, 0.29) is 16.9 Å². The molecule has 5 aromatic carbocycles. The van der Waals surface area contributed by atoms with Crippen LogP contribution >= 0.6 is 11.8 Å². The van der Waals surface area contributed by atoms with Gasteiger partial charge in [-0.3, -0.25) is 14.4 Å². The Labute approximate surface area is 290 Å². The van der Waals surface area contributed by atoms with Crippen LogP contribution in [0.4, 0.5) is 11.4 Å². The zero-order valence-electron chi connectivity index (χ0n) is 27.2. The Hall–Kier alpha value is -5.80. The SMILES string of the molecule is CCC(Sc1cccc(NC(=O)/C(=C/c2ccc(OCc3ccccc3)cc2)NC(=O)c2ccccc2)c1)C(=O)Nc1ccc(OC)cc1. The van der Waals surface area contributed by atoms with Crippen LogP contribution in [0, 0.1) is 0 Å². The molecule has 0 aromatic heterocycles. The molecule has 0 heterocycles. The topological polar surface area (TPSA) is 106 Å². The number of carbonyl (C=O) groups excluding carboxylic acids is 3. The molecule has 3 N–H and O–H groups in total. The van der Waals surface area contributed by atoms with E-state index in [0.717, 1.165) is 10.5 Å². The summed E-state index contributed by atoms with van der Waals surface area (Å²) in [7, 11) is 1.59. The minimum atomic E-state index is -0.500. The highest BCUT2D eigenvalue weighted by molar-refractivity contribution is 8.00. The third kappa shape index (κ3) is 10.3. The number of methoxy groups -OCH3 is 1. The summed E-state index contributed by atoms with van der Waals surface area (Å²) in [5.74, 6) is 0.344. The summed E-state index contributed by atoms with van der Waals surface area (Å²) >= 11 is 1.40. The Bertz CT molecular complexity index is 1880. The molecule has 0 bridgehead atoms. The van der Waals surface area contributed by atoms with Gasteiger partial charge in [-0.1, -0.05) is 73.7 Å². The van der Waals surface area contributed by atoms with Gasteiger partial charge in [0.25, 0.3) is 11.8 Å². The average molecular weight is 672 g/mol. The molecular weight excluding hydrogens is 635 g/mol. The second-order valence-corrected chi connectivity index (χ2v) is 12.2. The highest BCUT2D eigenvalue weighted by Crippen LogP contribution is 2.29. The summed E-state index contributed by atoms with van der Waals surface area (Å²) in [5.41, 5.74) is 3.43. The lowest BCUT2D eigenvalue weighted by atomic mass is 10.1. The van der Waals surface area contributed by atoms with Crippen LogP contribution < -0.4 is 25.4 Å². The van der Waals surface area contributed by atoms with Crippen molar-refractivity contribution in [2.24, 2.45) is 0 Å². The molecular formula is C40H37N3O5S. The van der Waals surface area contributed by atoms with Gasteiger partial charge in [-0.2, -0.15) is 0 Å².